The van der Waals surface area contributed by atoms with Gasteiger partial charge in [-0.15, -0.1) is 0 Å². The number of H-pyrrole nitrogens is 2. The zero-order valence-electron chi connectivity index (χ0n) is 22.6. The summed E-state index contributed by atoms with van der Waals surface area (Å²) in [5.41, 5.74) is 1.24. The lowest BCUT2D eigenvalue weighted by molar-refractivity contribution is -0.118. The van der Waals surface area contributed by atoms with Crippen molar-refractivity contribution in [1.29, 1.82) is 0 Å². The first-order valence-electron chi connectivity index (χ1n) is 12.8. The van der Waals surface area contributed by atoms with Gasteiger partial charge >= 0.3 is 0 Å². The zero-order valence-corrected chi connectivity index (χ0v) is 25.0. The van der Waals surface area contributed by atoms with Crippen LogP contribution in [0.4, 0.5) is 11.5 Å². The normalized spacial score (nSPS) is 15.1. The maximum absolute atomic E-state index is 13.2. The topological polar surface area (TPSA) is 179 Å². The van der Waals surface area contributed by atoms with Crippen LogP contribution in [-0.4, -0.2) is 86.3 Å². The summed E-state index contributed by atoms with van der Waals surface area (Å²) in [7, 11) is -0.600. The van der Waals surface area contributed by atoms with E-state index in [-0.39, 0.29) is 44.3 Å². The lowest BCUT2D eigenvalue weighted by Gasteiger charge is -2.25. The van der Waals surface area contributed by atoms with E-state index in [4.69, 9.17) is 33.1 Å². The van der Waals surface area contributed by atoms with Gasteiger partial charge in [-0.3, -0.25) is 19.6 Å². The largest absolute Gasteiger partial charge is 0.379 e. The quantitative estimate of drug-likeness (QED) is 0.226. The number of primary sulfonamides is 1. The molecule has 4 aromatic rings. The molecule has 3 heterocycles. The molecule has 1 aliphatic rings. The molecule has 222 valence electrons. The second-order valence-corrected chi connectivity index (χ2v) is 12.3. The van der Waals surface area contributed by atoms with Crippen LogP contribution in [0.3, 0.4) is 0 Å². The number of carbonyl (C=O) groups excluding carboxylic acids is 1. The van der Waals surface area contributed by atoms with Crippen LogP contribution >= 0.6 is 23.2 Å². The highest BCUT2D eigenvalue weighted by atomic mass is 35.5. The van der Waals surface area contributed by atoms with Gasteiger partial charge in [-0.1, -0.05) is 35.3 Å². The summed E-state index contributed by atoms with van der Waals surface area (Å²) in [6.07, 6.45) is 0. The number of amides is 1. The molecule has 5 N–H and O–H groups in total. The Hall–Kier alpha value is -3.53. The molecular weight excluding hydrogens is 607 g/mol. The number of ether oxygens (including phenoxy) is 1. The first kappa shape index (κ1) is 29.9. The van der Waals surface area contributed by atoms with E-state index in [1.54, 1.807) is 43.3 Å². The van der Waals surface area contributed by atoms with Crippen molar-refractivity contribution in [3.63, 3.8) is 0 Å². The monoisotopic (exact) mass is 634 g/mol. The highest BCUT2D eigenvalue weighted by Crippen LogP contribution is 2.40. The van der Waals surface area contributed by atoms with Gasteiger partial charge in [0.15, 0.2) is 11.5 Å². The number of nitrogens with zero attached hydrogens (tertiary/aromatic N) is 4. The molecule has 5 rings (SSSR count). The maximum atomic E-state index is 13.2. The Morgan fingerprint density at radius 2 is 1.81 bits per heavy atom. The van der Waals surface area contributed by atoms with Crippen LogP contribution in [0.15, 0.2) is 46.1 Å². The summed E-state index contributed by atoms with van der Waals surface area (Å²) in [6, 6.07) is 9.27. The van der Waals surface area contributed by atoms with E-state index in [2.05, 4.69) is 25.5 Å². The molecule has 0 saturated carbocycles. The molecule has 13 nitrogen and oxygen atoms in total. The van der Waals surface area contributed by atoms with Crippen molar-refractivity contribution < 1.29 is 17.9 Å². The number of rotatable bonds is 8. The summed E-state index contributed by atoms with van der Waals surface area (Å²) < 4.78 is 29.3. The van der Waals surface area contributed by atoms with Crippen LogP contribution in [0.2, 0.25) is 10.0 Å². The average Bonchev–Trinajstić information content (AvgIpc) is 3.36. The number of benzene rings is 2. The summed E-state index contributed by atoms with van der Waals surface area (Å²) in [4.78, 5) is 36.7. The summed E-state index contributed by atoms with van der Waals surface area (Å²) >= 11 is 13.2. The highest BCUT2D eigenvalue weighted by Gasteiger charge is 2.28. The van der Waals surface area contributed by atoms with Crippen molar-refractivity contribution in [2.75, 3.05) is 57.2 Å². The number of nitrogens with one attached hydrogen (secondary N) is 3. The van der Waals surface area contributed by atoms with Gasteiger partial charge in [-0.2, -0.15) is 5.10 Å². The second kappa shape index (κ2) is 12.0. The second-order valence-electron chi connectivity index (χ2n) is 9.95. The fourth-order valence-corrected chi connectivity index (χ4v) is 6.18. The minimum atomic E-state index is -4.10. The van der Waals surface area contributed by atoms with E-state index in [0.29, 0.717) is 48.9 Å². The lowest BCUT2D eigenvalue weighted by Crippen LogP contribution is -2.41. The number of hydrogen-bond donors (Lipinski definition) is 4. The molecule has 0 bridgehead atoms. The van der Waals surface area contributed by atoms with Crippen molar-refractivity contribution in [2.45, 2.75) is 10.8 Å². The van der Waals surface area contributed by atoms with Crippen LogP contribution in [-0.2, 0) is 19.6 Å². The smallest absolute Gasteiger partial charge is 0.264 e. The summed E-state index contributed by atoms with van der Waals surface area (Å²) in [5.74, 6) is -0.426. The molecule has 1 saturated heterocycles. The maximum Gasteiger partial charge on any atom is 0.264 e. The molecule has 0 radical (unpaired) electrons. The first-order valence-corrected chi connectivity index (χ1v) is 15.1. The minimum absolute atomic E-state index is 0.000697. The van der Waals surface area contributed by atoms with Gasteiger partial charge in [0.25, 0.3) is 5.56 Å². The number of sulfonamides is 1. The summed E-state index contributed by atoms with van der Waals surface area (Å²) in [6.45, 7) is 2.77. The summed E-state index contributed by atoms with van der Waals surface area (Å²) in [5, 5.41) is 15.4. The Morgan fingerprint density at radius 3 is 2.40 bits per heavy atom. The molecule has 16 heteroatoms. The molecule has 1 aliphatic heterocycles. The Kier molecular flexibility index (Phi) is 8.55. The number of nitrogens with two attached hydrogens (primary N) is 1. The minimum Gasteiger partial charge on any atom is -0.379 e. The molecule has 1 atom stereocenters. The van der Waals surface area contributed by atoms with Gasteiger partial charge in [-0.25, -0.2) is 18.5 Å². The van der Waals surface area contributed by atoms with E-state index in [9.17, 15) is 18.0 Å². The third-order valence-corrected chi connectivity index (χ3v) is 8.31. The van der Waals surface area contributed by atoms with E-state index in [1.807, 2.05) is 4.90 Å². The predicted molar refractivity (Wildman–Crippen MR) is 160 cm³/mol. The van der Waals surface area contributed by atoms with Crippen LogP contribution in [0, 0.1) is 0 Å². The number of carbonyl (C=O) groups is 1. The molecule has 1 fully saturated rings. The van der Waals surface area contributed by atoms with E-state index >= 15 is 0 Å². The fraction of sp³-hybridized carbons (Fsp3) is 0.308. The van der Waals surface area contributed by atoms with Gasteiger partial charge in [0.1, 0.15) is 11.2 Å². The van der Waals surface area contributed by atoms with Gasteiger partial charge < -0.3 is 19.9 Å². The number of aromatic amines is 2. The molecule has 2 aromatic carbocycles. The zero-order chi connectivity index (χ0) is 30.2. The Bertz CT molecular complexity index is 1780. The molecule has 2 aromatic heterocycles. The Balaban J connectivity index is 1.56. The van der Waals surface area contributed by atoms with Gasteiger partial charge in [0.2, 0.25) is 15.9 Å². The Morgan fingerprint density at radius 1 is 1.17 bits per heavy atom. The van der Waals surface area contributed by atoms with Crippen LogP contribution < -0.4 is 20.9 Å². The molecule has 0 aliphatic carbocycles. The highest BCUT2D eigenvalue weighted by molar-refractivity contribution is 7.89. The van der Waals surface area contributed by atoms with Crippen molar-refractivity contribution in [3.8, 4) is 0 Å². The third kappa shape index (κ3) is 6.28. The van der Waals surface area contributed by atoms with Gasteiger partial charge in [0.05, 0.1) is 30.6 Å². The number of morpholine rings is 1. The van der Waals surface area contributed by atoms with Crippen molar-refractivity contribution in [1.82, 2.24) is 25.1 Å². The number of halogens is 2. The molecule has 1 amide bonds. The Labute approximate surface area is 251 Å². The van der Waals surface area contributed by atoms with Crippen molar-refractivity contribution in [3.05, 3.63) is 73.7 Å². The van der Waals surface area contributed by atoms with Gasteiger partial charge in [-0.05, 0) is 29.8 Å². The number of aromatic nitrogens is 4. The van der Waals surface area contributed by atoms with E-state index in [1.165, 1.54) is 12.1 Å². The predicted octanol–water partition coefficient (Wildman–Crippen LogP) is 2.12. The SMILES string of the molecule is CN(C)c1n[nH]c2nc(C(c3ccc(NC(=O)CN4CCOCC4)cc3)c3c(Cl)cc(S(N)(=O)=O)cc3Cl)[nH]c(=O)c12. The lowest BCUT2D eigenvalue weighted by atomic mass is 9.90. The molecule has 42 heavy (non-hydrogen) atoms. The molecular formula is C26H28Cl2N8O5S. The standard InChI is InChI=1S/C26H28Cl2N8O5S/c1-35(2)25-22-24(33-34-25)31-23(32-26(22)38)20(21-17(27)11-16(12-18(21)28)42(29,39)40)14-3-5-15(6-4-14)30-19(37)13-36-7-9-41-10-8-36/h3-6,11-12,20H,7-10,13H2,1-2H3,(H,30,37)(H2,29,39,40)(H2,31,32,33,34,38). The fourth-order valence-electron chi connectivity index (χ4n) is 4.79. The van der Waals surface area contributed by atoms with E-state index < -0.39 is 21.5 Å². The average molecular weight is 636 g/mol. The number of anilines is 2. The third-order valence-electron chi connectivity index (χ3n) is 6.79. The first-order chi connectivity index (χ1) is 19.9. The van der Waals surface area contributed by atoms with E-state index in [0.717, 1.165) is 0 Å². The molecule has 0 spiro atoms. The van der Waals surface area contributed by atoms with Crippen molar-refractivity contribution in [2.24, 2.45) is 5.14 Å². The van der Waals surface area contributed by atoms with Crippen molar-refractivity contribution >= 4 is 61.7 Å². The van der Waals surface area contributed by atoms with Gasteiger partial charge in [0, 0.05) is 48.5 Å². The van der Waals surface area contributed by atoms with Crippen LogP contribution in [0.5, 0.6) is 0 Å². The number of hydrogen-bond acceptors (Lipinski definition) is 9. The van der Waals surface area contributed by atoms with Crippen LogP contribution in [0.25, 0.3) is 11.0 Å². The van der Waals surface area contributed by atoms with Crippen LogP contribution in [0.1, 0.15) is 22.9 Å². The molecule has 1 unspecified atom stereocenters. The number of fused-ring (bicyclic) bond motifs is 1.